The van der Waals surface area contributed by atoms with Crippen LogP contribution in [0.3, 0.4) is 0 Å². The molecular formula is C20H24O. The second-order valence-corrected chi connectivity index (χ2v) is 6.05. The molecule has 1 unspecified atom stereocenters. The highest BCUT2D eigenvalue weighted by Crippen LogP contribution is 2.32. The summed E-state index contributed by atoms with van der Waals surface area (Å²) in [4.78, 5) is 0. The molecule has 4 rings (SSSR count). The van der Waals surface area contributed by atoms with Gasteiger partial charge in [0.15, 0.2) is 0 Å². The normalized spacial score (nSPS) is 19.4. The fourth-order valence-electron chi connectivity index (χ4n) is 3.20. The molecule has 21 heavy (non-hydrogen) atoms. The molecule has 1 nitrogen and oxygen atoms in total. The van der Waals surface area contributed by atoms with Crippen molar-refractivity contribution in [2.24, 2.45) is 0 Å². The number of benzene rings is 2. The SMILES string of the molecule is CC1CCOc2ccccc21.c1ccc2c(c1)CCCC2. The van der Waals surface area contributed by atoms with E-state index in [2.05, 4.69) is 43.3 Å². The van der Waals surface area contributed by atoms with Crippen molar-refractivity contribution in [2.45, 2.75) is 44.9 Å². The summed E-state index contributed by atoms with van der Waals surface area (Å²) >= 11 is 0. The molecule has 1 aliphatic heterocycles. The molecule has 0 saturated heterocycles. The van der Waals surface area contributed by atoms with Crippen molar-refractivity contribution in [3.8, 4) is 5.75 Å². The number of aryl methyl sites for hydroxylation is 2. The van der Waals surface area contributed by atoms with Crippen molar-refractivity contribution in [1.82, 2.24) is 0 Å². The van der Waals surface area contributed by atoms with Crippen molar-refractivity contribution in [2.75, 3.05) is 6.61 Å². The van der Waals surface area contributed by atoms with Crippen molar-refractivity contribution in [3.05, 3.63) is 65.2 Å². The summed E-state index contributed by atoms with van der Waals surface area (Å²) in [6.45, 7) is 3.12. The molecule has 0 aromatic heterocycles. The molecule has 0 N–H and O–H groups in total. The van der Waals surface area contributed by atoms with Crippen molar-refractivity contribution in [3.63, 3.8) is 0 Å². The number of ether oxygens (including phenoxy) is 1. The predicted molar refractivity (Wildman–Crippen MR) is 88.1 cm³/mol. The third-order valence-corrected chi connectivity index (χ3v) is 4.52. The van der Waals surface area contributed by atoms with Crippen molar-refractivity contribution in [1.29, 1.82) is 0 Å². The highest BCUT2D eigenvalue weighted by atomic mass is 16.5. The Labute approximate surface area is 128 Å². The van der Waals surface area contributed by atoms with Crippen LogP contribution in [0.2, 0.25) is 0 Å². The first-order chi connectivity index (χ1) is 10.3. The first-order valence-corrected chi connectivity index (χ1v) is 8.13. The molecule has 1 aliphatic carbocycles. The fourth-order valence-corrected chi connectivity index (χ4v) is 3.20. The standard InChI is InChI=1S/C10H12O.C10H12/c1-8-6-7-11-10-5-3-2-4-9(8)10;1-2-6-10-8-4-3-7-9(10)5-1/h2-5,8H,6-7H2,1H3;1-2,5-6H,3-4,7-8H2. The molecule has 2 aliphatic rings. The van der Waals surface area contributed by atoms with Gasteiger partial charge in [0, 0.05) is 0 Å². The van der Waals surface area contributed by atoms with Gasteiger partial charge in [-0.05, 0) is 60.8 Å². The lowest BCUT2D eigenvalue weighted by atomic mass is 9.92. The Bertz CT molecular complexity index is 563. The summed E-state index contributed by atoms with van der Waals surface area (Å²) in [5, 5.41) is 0. The minimum atomic E-state index is 0.667. The zero-order chi connectivity index (χ0) is 14.5. The number of para-hydroxylation sites is 1. The van der Waals surface area contributed by atoms with Crippen LogP contribution < -0.4 is 4.74 Å². The topological polar surface area (TPSA) is 9.23 Å². The van der Waals surface area contributed by atoms with Crippen LogP contribution in [0.25, 0.3) is 0 Å². The average Bonchev–Trinajstić information content (AvgIpc) is 2.56. The fraction of sp³-hybridized carbons (Fsp3) is 0.400. The van der Waals surface area contributed by atoms with Crippen LogP contribution in [0.15, 0.2) is 48.5 Å². The van der Waals surface area contributed by atoms with Crippen LogP contribution >= 0.6 is 0 Å². The first kappa shape index (κ1) is 14.2. The molecule has 0 bridgehead atoms. The molecule has 1 heteroatoms. The zero-order valence-corrected chi connectivity index (χ0v) is 12.8. The largest absolute Gasteiger partial charge is 0.493 e. The summed E-state index contributed by atoms with van der Waals surface area (Å²) in [5.41, 5.74) is 4.52. The molecule has 110 valence electrons. The predicted octanol–water partition coefficient (Wildman–Crippen LogP) is 5.14. The van der Waals surface area contributed by atoms with E-state index in [9.17, 15) is 0 Å². The second kappa shape index (κ2) is 6.80. The van der Waals surface area contributed by atoms with Crippen LogP contribution in [0, 0.1) is 0 Å². The zero-order valence-electron chi connectivity index (χ0n) is 12.8. The van der Waals surface area contributed by atoms with Gasteiger partial charge in [-0.2, -0.15) is 0 Å². The van der Waals surface area contributed by atoms with Crippen molar-refractivity contribution < 1.29 is 4.74 Å². The minimum Gasteiger partial charge on any atom is -0.493 e. The lowest BCUT2D eigenvalue weighted by molar-refractivity contribution is 0.272. The van der Waals surface area contributed by atoms with Gasteiger partial charge in [-0.25, -0.2) is 0 Å². The Morgan fingerprint density at radius 1 is 0.857 bits per heavy atom. The van der Waals surface area contributed by atoms with Gasteiger partial charge in [0.2, 0.25) is 0 Å². The Balaban J connectivity index is 0.000000126. The lowest BCUT2D eigenvalue weighted by Gasteiger charge is -2.22. The highest BCUT2D eigenvalue weighted by molar-refractivity contribution is 5.37. The molecule has 0 spiro atoms. The van der Waals surface area contributed by atoms with E-state index in [1.807, 2.05) is 12.1 Å². The van der Waals surface area contributed by atoms with Crippen LogP contribution in [0.1, 0.15) is 48.8 Å². The van der Waals surface area contributed by atoms with Gasteiger partial charge >= 0.3 is 0 Å². The van der Waals surface area contributed by atoms with Gasteiger partial charge in [0.25, 0.3) is 0 Å². The molecule has 2 aromatic carbocycles. The summed E-state index contributed by atoms with van der Waals surface area (Å²) in [6, 6.07) is 17.1. The molecule has 0 radical (unpaired) electrons. The second-order valence-electron chi connectivity index (χ2n) is 6.05. The molecule has 1 heterocycles. The van der Waals surface area contributed by atoms with E-state index in [1.54, 1.807) is 11.1 Å². The number of rotatable bonds is 0. The summed E-state index contributed by atoms with van der Waals surface area (Å²) < 4.78 is 5.49. The summed E-state index contributed by atoms with van der Waals surface area (Å²) in [7, 11) is 0. The Morgan fingerprint density at radius 2 is 1.48 bits per heavy atom. The molecule has 1 atom stereocenters. The van der Waals surface area contributed by atoms with E-state index in [1.165, 1.54) is 31.2 Å². The number of hydrogen-bond donors (Lipinski definition) is 0. The third kappa shape index (κ3) is 3.47. The monoisotopic (exact) mass is 280 g/mol. The summed E-state index contributed by atoms with van der Waals surface area (Å²) in [6.07, 6.45) is 6.53. The van der Waals surface area contributed by atoms with Gasteiger partial charge in [0.05, 0.1) is 6.61 Å². The molecular weight excluding hydrogens is 256 g/mol. The maximum Gasteiger partial charge on any atom is 0.122 e. The van der Waals surface area contributed by atoms with Crippen molar-refractivity contribution >= 4 is 0 Å². The number of hydrogen-bond acceptors (Lipinski definition) is 1. The molecule has 0 amide bonds. The number of fused-ring (bicyclic) bond motifs is 2. The van der Waals surface area contributed by atoms with Crippen LogP contribution in [-0.2, 0) is 12.8 Å². The van der Waals surface area contributed by atoms with E-state index in [0.717, 1.165) is 18.8 Å². The molecule has 0 fully saturated rings. The quantitative estimate of drug-likeness (QED) is 0.649. The lowest BCUT2D eigenvalue weighted by Crippen LogP contribution is -2.11. The third-order valence-electron chi connectivity index (χ3n) is 4.52. The van der Waals surface area contributed by atoms with Gasteiger partial charge in [-0.3, -0.25) is 0 Å². The van der Waals surface area contributed by atoms with Crippen LogP contribution in [0.4, 0.5) is 0 Å². The van der Waals surface area contributed by atoms with Gasteiger partial charge < -0.3 is 4.74 Å². The minimum absolute atomic E-state index is 0.667. The van der Waals surface area contributed by atoms with E-state index < -0.39 is 0 Å². The average molecular weight is 280 g/mol. The summed E-state index contributed by atoms with van der Waals surface area (Å²) in [5.74, 6) is 1.74. The first-order valence-electron chi connectivity index (χ1n) is 8.13. The van der Waals surface area contributed by atoms with Gasteiger partial charge in [-0.1, -0.05) is 49.4 Å². The Hall–Kier alpha value is -1.76. The van der Waals surface area contributed by atoms with E-state index in [4.69, 9.17) is 4.74 Å². The molecule has 2 aromatic rings. The Kier molecular flexibility index (Phi) is 4.59. The highest BCUT2D eigenvalue weighted by Gasteiger charge is 2.15. The van der Waals surface area contributed by atoms with Crippen LogP contribution in [0.5, 0.6) is 5.75 Å². The van der Waals surface area contributed by atoms with E-state index in [0.29, 0.717) is 5.92 Å². The van der Waals surface area contributed by atoms with Crippen LogP contribution in [-0.4, -0.2) is 6.61 Å². The maximum atomic E-state index is 5.49. The van der Waals surface area contributed by atoms with E-state index >= 15 is 0 Å². The van der Waals surface area contributed by atoms with E-state index in [-0.39, 0.29) is 0 Å². The maximum absolute atomic E-state index is 5.49. The Morgan fingerprint density at radius 3 is 2.14 bits per heavy atom. The van der Waals surface area contributed by atoms with Gasteiger partial charge in [-0.15, -0.1) is 0 Å². The smallest absolute Gasteiger partial charge is 0.122 e. The van der Waals surface area contributed by atoms with Gasteiger partial charge in [0.1, 0.15) is 5.75 Å². The molecule has 0 saturated carbocycles.